The van der Waals surface area contributed by atoms with Crippen molar-refractivity contribution >= 4 is 23.6 Å². The topological polar surface area (TPSA) is 93.6 Å². The zero-order valence-corrected chi connectivity index (χ0v) is 17.7. The maximum atomic E-state index is 12.0. The van der Waals surface area contributed by atoms with Gasteiger partial charge in [-0.1, -0.05) is 30.3 Å². The van der Waals surface area contributed by atoms with Crippen LogP contribution in [-0.4, -0.2) is 43.2 Å². The molecule has 0 saturated heterocycles. The fourth-order valence-electron chi connectivity index (χ4n) is 2.89. The molecule has 1 aromatic heterocycles. The number of nitrogens with one attached hydrogen (secondary N) is 1. The zero-order chi connectivity index (χ0) is 22.2. The smallest absolute Gasteiger partial charge is 0.417 e. The van der Waals surface area contributed by atoms with Gasteiger partial charge in [0.15, 0.2) is 0 Å². The summed E-state index contributed by atoms with van der Waals surface area (Å²) >= 11 is 0. The molecule has 1 amide bonds. The van der Waals surface area contributed by atoms with Crippen molar-refractivity contribution in [3.05, 3.63) is 77.7 Å². The molecule has 0 radical (unpaired) electrons. The summed E-state index contributed by atoms with van der Waals surface area (Å²) in [5, 5.41) is 2.69. The number of hydrogen-bond donors (Lipinski definition) is 1. The second kappa shape index (κ2) is 10.2. The molecule has 1 N–H and O–H groups in total. The first-order valence-electron chi connectivity index (χ1n) is 9.66. The monoisotopic (exact) mass is 420 g/mol. The Kier molecular flexibility index (Phi) is 7.16. The van der Waals surface area contributed by atoms with E-state index in [1.165, 1.54) is 7.11 Å². The van der Waals surface area contributed by atoms with Gasteiger partial charge in [-0.3, -0.25) is 10.1 Å². The molecule has 31 heavy (non-hydrogen) atoms. The van der Waals surface area contributed by atoms with Crippen LogP contribution in [0.15, 0.2) is 60.8 Å². The largest absolute Gasteiger partial charge is 0.469 e. The van der Waals surface area contributed by atoms with Crippen LogP contribution in [0.4, 0.5) is 16.3 Å². The van der Waals surface area contributed by atoms with Gasteiger partial charge in [0.2, 0.25) is 0 Å². The minimum absolute atomic E-state index is 0.115. The van der Waals surface area contributed by atoms with Gasteiger partial charge < -0.3 is 14.4 Å². The number of carbonyl (C=O) groups is 2. The maximum Gasteiger partial charge on any atom is 0.417 e. The van der Waals surface area contributed by atoms with Crippen molar-refractivity contribution in [2.24, 2.45) is 0 Å². The van der Waals surface area contributed by atoms with Gasteiger partial charge in [-0.15, -0.1) is 0 Å². The van der Waals surface area contributed by atoms with Gasteiger partial charge in [-0.05, 0) is 29.8 Å². The Labute approximate surface area is 180 Å². The summed E-state index contributed by atoms with van der Waals surface area (Å²) in [5.41, 5.74) is 2.30. The molecule has 0 saturated carbocycles. The summed E-state index contributed by atoms with van der Waals surface area (Å²) in [5.74, 6) is 1.44. The van der Waals surface area contributed by atoms with Crippen LogP contribution in [0.2, 0.25) is 0 Å². The minimum atomic E-state index is -0.556. The number of benzene rings is 2. The molecule has 2 aromatic carbocycles. The lowest BCUT2D eigenvalue weighted by molar-refractivity contribution is -0.139. The first-order chi connectivity index (χ1) is 14.9. The number of rotatable bonds is 7. The van der Waals surface area contributed by atoms with Gasteiger partial charge in [0.1, 0.15) is 17.4 Å². The molecule has 0 fully saturated rings. The molecule has 8 heteroatoms. The Morgan fingerprint density at radius 2 is 1.74 bits per heavy atom. The second-order valence-corrected chi connectivity index (χ2v) is 6.98. The van der Waals surface area contributed by atoms with Crippen LogP contribution >= 0.6 is 0 Å². The van der Waals surface area contributed by atoms with E-state index in [2.05, 4.69) is 15.3 Å². The van der Waals surface area contributed by atoms with Crippen molar-refractivity contribution in [1.82, 2.24) is 9.97 Å². The van der Waals surface area contributed by atoms with Crippen molar-refractivity contribution in [2.45, 2.75) is 12.8 Å². The predicted octanol–water partition coefficient (Wildman–Crippen LogP) is 3.46. The van der Waals surface area contributed by atoms with E-state index >= 15 is 0 Å². The summed E-state index contributed by atoms with van der Waals surface area (Å²) < 4.78 is 9.95. The van der Waals surface area contributed by atoms with Gasteiger partial charge in [0.05, 0.1) is 13.5 Å². The van der Waals surface area contributed by atoms with E-state index in [-0.39, 0.29) is 12.4 Å². The van der Waals surface area contributed by atoms with Gasteiger partial charge in [-0.25, -0.2) is 14.8 Å². The molecule has 3 aromatic rings. The highest BCUT2D eigenvalue weighted by Crippen LogP contribution is 2.19. The molecule has 0 spiro atoms. The molecule has 1 heterocycles. The molecular weight excluding hydrogens is 396 g/mol. The summed E-state index contributed by atoms with van der Waals surface area (Å²) in [7, 11) is 5.08. The van der Waals surface area contributed by atoms with E-state index in [1.807, 2.05) is 37.2 Å². The summed E-state index contributed by atoms with van der Waals surface area (Å²) in [6.07, 6.45) is 1.72. The third-order valence-electron chi connectivity index (χ3n) is 4.39. The van der Waals surface area contributed by atoms with Gasteiger partial charge in [-0.2, -0.15) is 0 Å². The van der Waals surface area contributed by atoms with Crippen LogP contribution in [0.3, 0.4) is 0 Å². The highest BCUT2D eigenvalue weighted by molar-refractivity contribution is 5.86. The minimum Gasteiger partial charge on any atom is -0.469 e. The van der Waals surface area contributed by atoms with E-state index in [9.17, 15) is 9.59 Å². The molecule has 3 rings (SSSR count). The average Bonchev–Trinajstić information content (AvgIpc) is 2.76. The van der Waals surface area contributed by atoms with Crippen LogP contribution in [0.5, 0.6) is 5.75 Å². The van der Waals surface area contributed by atoms with Crippen molar-refractivity contribution in [3.8, 4) is 5.75 Å². The van der Waals surface area contributed by atoms with Crippen LogP contribution in [0.1, 0.15) is 17.0 Å². The second-order valence-electron chi connectivity index (χ2n) is 6.98. The van der Waals surface area contributed by atoms with Gasteiger partial charge >= 0.3 is 12.1 Å². The molecule has 0 atom stereocenters. The van der Waals surface area contributed by atoms with Crippen molar-refractivity contribution in [2.75, 3.05) is 31.4 Å². The fourth-order valence-corrected chi connectivity index (χ4v) is 2.89. The third kappa shape index (κ3) is 6.27. The number of aromatic nitrogens is 2. The first kappa shape index (κ1) is 21.8. The third-order valence-corrected chi connectivity index (χ3v) is 4.39. The molecule has 0 aliphatic rings. The fraction of sp³-hybridized carbons (Fsp3) is 0.217. The van der Waals surface area contributed by atoms with E-state index in [1.54, 1.807) is 42.6 Å². The number of nitrogens with zero attached hydrogens (tertiary/aromatic N) is 3. The van der Waals surface area contributed by atoms with Crippen molar-refractivity contribution in [1.29, 1.82) is 0 Å². The average molecular weight is 420 g/mol. The molecular formula is C23H24N4O4. The zero-order valence-electron chi connectivity index (χ0n) is 17.7. The highest BCUT2D eigenvalue weighted by Gasteiger charge is 2.14. The SMILES string of the molecule is COC(=O)Cc1cnc(Cc2ccc(NC(=O)Oc3ccccc3)cc2)nc1N(C)C. The van der Waals surface area contributed by atoms with Crippen molar-refractivity contribution in [3.63, 3.8) is 0 Å². The number of ether oxygens (including phenoxy) is 2. The summed E-state index contributed by atoms with van der Waals surface area (Å²) in [4.78, 5) is 34.4. The van der Waals surface area contributed by atoms with Gasteiger partial charge in [0, 0.05) is 38.0 Å². The Morgan fingerprint density at radius 3 is 2.39 bits per heavy atom. The number of amides is 1. The van der Waals surface area contributed by atoms with E-state index in [4.69, 9.17) is 9.47 Å². The Hall–Kier alpha value is -3.94. The Bertz CT molecular complexity index is 1040. The van der Waals surface area contributed by atoms with Crippen LogP contribution in [-0.2, 0) is 22.4 Å². The van der Waals surface area contributed by atoms with Crippen LogP contribution in [0, 0.1) is 0 Å². The molecule has 8 nitrogen and oxygen atoms in total. The van der Waals surface area contributed by atoms with Crippen molar-refractivity contribution < 1.29 is 19.1 Å². The Morgan fingerprint density at radius 1 is 1.03 bits per heavy atom. The molecule has 160 valence electrons. The number of carbonyl (C=O) groups excluding carboxylic acids is 2. The van der Waals surface area contributed by atoms with E-state index in [0.717, 1.165) is 5.56 Å². The van der Waals surface area contributed by atoms with E-state index < -0.39 is 6.09 Å². The van der Waals surface area contributed by atoms with Gasteiger partial charge in [0.25, 0.3) is 0 Å². The Balaban J connectivity index is 1.64. The molecule has 0 aliphatic heterocycles. The number of anilines is 2. The normalized spacial score (nSPS) is 10.3. The molecule has 0 unspecified atom stereocenters. The highest BCUT2D eigenvalue weighted by atomic mass is 16.6. The molecule has 0 aliphatic carbocycles. The summed E-state index contributed by atoms with van der Waals surface area (Å²) in [6, 6.07) is 16.2. The number of hydrogen-bond acceptors (Lipinski definition) is 7. The lowest BCUT2D eigenvalue weighted by Crippen LogP contribution is -2.17. The molecule has 0 bridgehead atoms. The standard InChI is InChI=1S/C23H24N4O4/c1-27(2)22-17(14-21(28)30-3)15-24-20(26-22)13-16-9-11-18(12-10-16)25-23(29)31-19-7-5-4-6-8-19/h4-12,15H,13-14H2,1-3H3,(H,25,29). The van der Waals surface area contributed by atoms with E-state index in [0.29, 0.717) is 35.1 Å². The number of para-hydroxylation sites is 1. The maximum absolute atomic E-state index is 12.0. The lowest BCUT2D eigenvalue weighted by atomic mass is 10.1. The predicted molar refractivity (Wildman–Crippen MR) is 117 cm³/mol. The number of esters is 1. The lowest BCUT2D eigenvalue weighted by Gasteiger charge is -2.16. The number of methoxy groups -OCH3 is 1. The summed E-state index contributed by atoms with van der Waals surface area (Å²) in [6.45, 7) is 0. The van der Waals surface area contributed by atoms with Crippen LogP contribution < -0.4 is 15.0 Å². The first-order valence-corrected chi connectivity index (χ1v) is 9.66. The quantitative estimate of drug-likeness (QED) is 0.585. The van der Waals surface area contributed by atoms with Crippen LogP contribution in [0.25, 0.3) is 0 Å².